The number of para-hydroxylation sites is 1. The van der Waals surface area contributed by atoms with E-state index in [-0.39, 0.29) is 24.1 Å². The second-order valence-corrected chi connectivity index (χ2v) is 12.0. The molecule has 0 N–H and O–H groups in total. The standard InChI is InChI=1S/C32H35N5O3S/c1-21(2)29-6-4-5-7-30(29)40-28-18-25-12-13-26(19-28)36(25)31(38)23-10-8-22(9-11-23)20-41-32-33-34-35-37(32)24-14-16-27(39-3)17-15-24/h4-11,14-17,21,25-26,28H,12-13,18-20H2,1-3H3/t25-,26-/m0/s1. The maximum atomic E-state index is 13.6. The van der Waals surface area contributed by atoms with Gasteiger partial charge in [0.05, 0.1) is 12.8 Å². The van der Waals surface area contributed by atoms with Crippen LogP contribution in [0.25, 0.3) is 5.69 Å². The smallest absolute Gasteiger partial charge is 0.254 e. The summed E-state index contributed by atoms with van der Waals surface area (Å²) in [5, 5.41) is 12.9. The van der Waals surface area contributed by atoms with Gasteiger partial charge >= 0.3 is 0 Å². The third kappa shape index (κ3) is 5.81. The second-order valence-electron chi connectivity index (χ2n) is 11.1. The van der Waals surface area contributed by atoms with Crippen LogP contribution in [0.3, 0.4) is 0 Å². The zero-order valence-electron chi connectivity index (χ0n) is 23.6. The Labute approximate surface area is 245 Å². The fourth-order valence-electron chi connectivity index (χ4n) is 5.99. The van der Waals surface area contributed by atoms with Crippen LogP contribution in [0, 0.1) is 0 Å². The van der Waals surface area contributed by atoms with E-state index in [0.29, 0.717) is 16.8 Å². The summed E-state index contributed by atoms with van der Waals surface area (Å²) in [5.74, 6) is 2.99. The summed E-state index contributed by atoms with van der Waals surface area (Å²) in [6.45, 7) is 4.39. The fourth-order valence-corrected chi connectivity index (χ4v) is 6.84. The molecule has 4 aromatic rings. The molecule has 0 unspecified atom stereocenters. The number of hydrogen-bond acceptors (Lipinski definition) is 7. The molecule has 41 heavy (non-hydrogen) atoms. The third-order valence-corrected chi connectivity index (χ3v) is 9.08. The fraction of sp³-hybridized carbons (Fsp3) is 0.375. The molecular weight excluding hydrogens is 534 g/mol. The van der Waals surface area contributed by atoms with Gasteiger partial charge in [0.1, 0.15) is 17.6 Å². The molecule has 2 aliphatic heterocycles. The van der Waals surface area contributed by atoms with Crippen LogP contribution < -0.4 is 9.47 Å². The largest absolute Gasteiger partial charge is 0.497 e. The number of amides is 1. The van der Waals surface area contributed by atoms with E-state index in [9.17, 15) is 4.79 Å². The number of thioether (sulfide) groups is 1. The first-order chi connectivity index (χ1) is 20.0. The highest BCUT2D eigenvalue weighted by molar-refractivity contribution is 7.98. The number of nitrogens with zero attached hydrogens (tertiary/aromatic N) is 5. The highest BCUT2D eigenvalue weighted by atomic mass is 32.2. The predicted molar refractivity (Wildman–Crippen MR) is 159 cm³/mol. The zero-order chi connectivity index (χ0) is 28.3. The van der Waals surface area contributed by atoms with Crippen molar-refractivity contribution < 1.29 is 14.3 Å². The molecule has 3 aromatic carbocycles. The van der Waals surface area contributed by atoms with Crippen molar-refractivity contribution >= 4 is 17.7 Å². The predicted octanol–water partition coefficient (Wildman–Crippen LogP) is 6.30. The van der Waals surface area contributed by atoms with Crippen LogP contribution in [0.2, 0.25) is 0 Å². The molecule has 0 spiro atoms. The van der Waals surface area contributed by atoms with Gasteiger partial charge in [-0.15, -0.1) is 5.10 Å². The molecule has 8 nitrogen and oxygen atoms in total. The Kier molecular flexibility index (Phi) is 7.96. The number of carbonyl (C=O) groups excluding carboxylic acids is 1. The van der Waals surface area contributed by atoms with E-state index in [2.05, 4.69) is 52.5 Å². The molecule has 2 saturated heterocycles. The number of tetrazole rings is 1. The highest BCUT2D eigenvalue weighted by Crippen LogP contribution is 2.39. The third-order valence-electron chi connectivity index (χ3n) is 8.09. The molecule has 2 atom stereocenters. The van der Waals surface area contributed by atoms with Gasteiger partial charge in [-0.1, -0.05) is 55.9 Å². The average molecular weight is 570 g/mol. The molecule has 0 saturated carbocycles. The number of ether oxygens (including phenoxy) is 2. The van der Waals surface area contributed by atoms with E-state index >= 15 is 0 Å². The summed E-state index contributed by atoms with van der Waals surface area (Å²) in [5.41, 5.74) is 3.96. The van der Waals surface area contributed by atoms with Gasteiger partial charge in [-0.05, 0) is 82.8 Å². The number of hydrogen-bond donors (Lipinski definition) is 0. The van der Waals surface area contributed by atoms with Crippen LogP contribution in [-0.4, -0.2) is 56.3 Å². The van der Waals surface area contributed by atoms with E-state index in [1.54, 1.807) is 23.6 Å². The van der Waals surface area contributed by atoms with Crippen molar-refractivity contribution in [3.63, 3.8) is 0 Å². The maximum Gasteiger partial charge on any atom is 0.254 e. The first-order valence-corrected chi connectivity index (χ1v) is 15.2. The molecule has 2 aliphatic rings. The van der Waals surface area contributed by atoms with E-state index in [1.165, 1.54) is 5.56 Å². The average Bonchev–Trinajstić information content (AvgIpc) is 3.58. The van der Waals surface area contributed by atoms with Crippen LogP contribution in [0.4, 0.5) is 0 Å². The topological polar surface area (TPSA) is 82.4 Å². The van der Waals surface area contributed by atoms with Gasteiger partial charge in [0.15, 0.2) is 0 Å². The molecular formula is C32H35N5O3S. The van der Waals surface area contributed by atoms with Crippen LogP contribution in [0.1, 0.15) is 66.9 Å². The Morgan fingerprint density at radius 1 is 0.976 bits per heavy atom. The summed E-state index contributed by atoms with van der Waals surface area (Å²) >= 11 is 1.55. The van der Waals surface area contributed by atoms with Crippen LogP contribution in [0.15, 0.2) is 78.0 Å². The summed E-state index contributed by atoms with van der Waals surface area (Å²) in [7, 11) is 1.64. The van der Waals surface area contributed by atoms with Gasteiger partial charge < -0.3 is 14.4 Å². The summed E-state index contributed by atoms with van der Waals surface area (Å²) in [6, 6.07) is 24.4. The summed E-state index contributed by atoms with van der Waals surface area (Å²) in [4.78, 5) is 15.7. The van der Waals surface area contributed by atoms with Crippen molar-refractivity contribution in [2.75, 3.05) is 7.11 Å². The second kappa shape index (κ2) is 11.9. The molecule has 6 rings (SSSR count). The molecule has 3 heterocycles. The van der Waals surface area contributed by atoms with E-state index in [1.807, 2.05) is 54.6 Å². The number of piperidine rings is 1. The number of fused-ring (bicyclic) bond motifs is 2. The first kappa shape index (κ1) is 27.3. The number of aromatic nitrogens is 4. The molecule has 2 fully saturated rings. The minimum absolute atomic E-state index is 0.126. The lowest BCUT2D eigenvalue weighted by Crippen LogP contribution is -2.49. The maximum absolute atomic E-state index is 13.6. The molecule has 9 heteroatoms. The molecule has 1 aromatic heterocycles. The molecule has 2 bridgehead atoms. The van der Waals surface area contributed by atoms with Gasteiger partial charge in [0.25, 0.3) is 5.91 Å². The monoisotopic (exact) mass is 569 g/mol. The summed E-state index contributed by atoms with van der Waals surface area (Å²) < 4.78 is 13.5. The minimum atomic E-state index is 0.126. The van der Waals surface area contributed by atoms with Gasteiger partial charge in [0, 0.05) is 36.2 Å². The Morgan fingerprint density at radius 2 is 1.68 bits per heavy atom. The highest BCUT2D eigenvalue weighted by Gasteiger charge is 2.44. The van der Waals surface area contributed by atoms with E-state index in [4.69, 9.17) is 9.47 Å². The van der Waals surface area contributed by atoms with Crippen molar-refractivity contribution in [2.24, 2.45) is 0 Å². The lowest BCUT2D eigenvalue weighted by molar-refractivity contribution is 0.0356. The van der Waals surface area contributed by atoms with Crippen LogP contribution >= 0.6 is 11.8 Å². The van der Waals surface area contributed by atoms with Gasteiger partial charge in [-0.25, -0.2) is 0 Å². The van der Waals surface area contributed by atoms with Gasteiger partial charge in [-0.2, -0.15) is 4.68 Å². The Bertz CT molecular complexity index is 1470. The Balaban J connectivity index is 1.07. The Morgan fingerprint density at radius 3 is 2.37 bits per heavy atom. The minimum Gasteiger partial charge on any atom is -0.497 e. The zero-order valence-corrected chi connectivity index (χ0v) is 24.5. The lowest BCUT2D eigenvalue weighted by atomic mass is 9.97. The van der Waals surface area contributed by atoms with Crippen LogP contribution in [-0.2, 0) is 5.75 Å². The molecule has 0 aliphatic carbocycles. The van der Waals surface area contributed by atoms with Crippen molar-refractivity contribution in [1.29, 1.82) is 0 Å². The lowest BCUT2D eigenvalue weighted by Gasteiger charge is -2.39. The number of benzene rings is 3. The number of rotatable bonds is 9. The van der Waals surface area contributed by atoms with Crippen molar-refractivity contribution in [3.05, 3.63) is 89.5 Å². The van der Waals surface area contributed by atoms with Gasteiger partial charge in [-0.3, -0.25) is 4.79 Å². The molecule has 1 amide bonds. The normalized spacial score (nSPS) is 19.9. The number of carbonyl (C=O) groups is 1. The summed E-state index contributed by atoms with van der Waals surface area (Å²) in [6.07, 6.45) is 3.99. The quantitative estimate of drug-likeness (QED) is 0.219. The number of methoxy groups -OCH3 is 1. The van der Waals surface area contributed by atoms with E-state index in [0.717, 1.165) is 54.0 Å². The van der Waals surface area contributed by atoms with Gasteiger partial charge in [0.2, 0.25) is 5.16 Å². The SMILES string of the molecule is COc1ccc(-n2nnnc2SCc2ccc(C(=O)N3[C@H]4CC[C@H]3CC(Oc3ccccc3C(C)C)C4)cc2)cc1. The van der Waals surface area contributed by atoms with Crippen LogP contribution in [0.5, 0.6) is 11.5 Å². The first-order valence-electron chi connectivity index (χ1n) is 14.2. The molecule has 0 radical (unpaired) electrons. The molecule has 212 valence electrons. The van der Waals surface area contributed by atoms with Crippen molar-refractivity contribution in [1.82, 2.24) is 25.1 Å². The Hall–Kier alpha value is -3.85. The van der Waals surface area contributed by atoms with Crippen molar-refractivity contribution in [3.8, 4) is 17.2 Å². The van der Waals surface area contributed by atoms with E-state index < -0.39 is 0 Å². The van der Waals surface area contributed by atoms with Crippen molar-refractivity contribution in [2.45, 2.75) is 74.5 Å².